The summed E-state index contributed by atoms with van der Waals surface area (Å²) in [4.78, 5) is 11.6. The van der Waals surface area contributed by atoms with Crippen molar-refractivity contribution in [3.05, 3.63) is 0 Å². The molecule has 2 N–H and O–H groups in total. The van der Waals surface area contributed by atoms with E-state index in [9.17, 15) is 9.90 Å². The Morgan fingerprint density at radius 2 is 2.00 bits per heavy atom. The Morgan fingerprint density at radius 3 is 2.56 bits per heavy atom. The van der Waals surface area contributed by atoms with Gasteiger partial charge in [-0.1, -0.05) is 6.92 Å². The summed E-state index contributed by atoms with van der Waals surface area (Å²) in [6, 6.07) is 0.0265. The molecule has 0 saturated heterocycles. The summed E-state index contributed by atoms with van der Waals surface area (Å²) in [5.41, 5.74) is -0.472. The quantitative estimate of drug-likeness (QED) is 0.723. The molecule has 0 aromatic heterocycles. The van der Waals surface area contributed by atoms with Crippen molar-refractivity contribution < 1.29 is 14.6 Å². The van der Waals surface area contributed by atoms with E-state index in [1.54, 1.807) is 0 Å². The van der Waals surface area contributed by atoms with Gasteiger partial charge in [0.2, 0.25) is 0 Å². The maximum Gasteiger partial charge on any atom is 0.407 e. The molecule has 1 saturated carbocycles. The van der Waals surface area contributed by atoms with Gasteiger partial charge in [0.15, 0.2) is 0 Å². The van der Waals surface area contributed by atoms with Gasteiger partial charge in [0.1, 0.15) is 5.60 Å². The van der Waals surface area contributed by atoms with Gasteiger partial charge in [-0.15, -0.1) is 0 Å². The van der Waals surface area contributed by atoms with Gasteiger partial charge >= 0.3 is 6.09 Å². The van der Waals surface area contributed by atoms with Gasteiger partial charge in [-0.2, -0.15) is 0 Å². The Bertz CT molecular complexity index is 247. The van der Waals surface area contributed by atoms with Crippen LogP contribution in [0.15, 0.2) is 0 Å². The first-order valence-electron chi connectivity index (χ1n) is 5.97. The van der Waals surface area contributed by atoms with Gasteiger partial charge in [-0.3, -0.25) is 0 Å². The van der Waals surface area contributed by atoms with E-state index in [0.717, 1.165) is 19.3 Å². The molecule has 0 heterocycles. The third-order valence-corrected chi connectivity index (χ3v) is 2.96. The second-order valence-electron chi connectivity index (χ2n) is 5.61. The zero-order valence-electron chi connectivity index (χ0n) is 10.6. The molecule has 1 aliphatic rings. The minimum absolute atomic E-state index is 0.0265. The van der Waals surface area contributed by atoms with Crippen molar-refractivity contribution in [1.29, 1.82) is 0 Å². The minimum Gasteiger partial charge on any atom is -0.444 e. The molecule has 0 spiro atoms. The number of rotatable bonds is 1. The number of aliphatic hydroxyl groups excluding tert-OH is 1. The van der Waals surface area contributed by atoms with Crippen molar-refractivity contribution in [2.45, 2.75) is 64.7 Å². The molecule has 0 radical (unpaired) electrons. The summed E-state index contributed by atoms with van der Waals surface area (Å²) in [6.07, 6.45) is 1.99. The van der Waals surface area contributed by atoms with Crippen LogP contribution in [0, 0.1) is 5.92 Å². The van der Waals surface area contributed by atoms with Gasteiger partial charge in [-0.05, 0) is 40.0 Å². The highest BCUT2D eigenvalue weighted by Crippen LogP contribution is 2.24. The molecule has 1 fully saturated rings. The molecule has 1 aliphatic carbocycles. The van der Waals surface area contributed by atoms with Gasteiger partial charge in [0, 0.05) is 12.0 Å². The Hall–Kier alpha value is -0.770. The first kappa shape index (κ1) is 13.3. The highest BCUT2D eigenvalue weighted by atomic mass is 16.6. The van der Waals surface area contributed by atoms with Crippen molar-refractivity contribution in [2.75, 3.05) is 0 Å². The fraction of sp³-hybridized carbons (Fsp3) is 0.917. The van der Waals surface area contributed by atoms with E-state index in [1.165, 1.54) is 0 Å². The second-order valence-corrected chi connectivity index (χ2v) is 5.61. The first-order chi connectivity index (χ1) is 7.29. The van der Waals surface area contributed by atoms with Crippen molar-refractivity contribution in [3.8, 4) is 0 Å². The van der Waals surface area contributed by atoms with E-state index in [4.69, 9.17) is 4.74 Å². The molecule has 0 bridgehead atoms. The van der Waals surface area contributed by atoms with Gasteiger partial charge in [-0.25, -0.2) is 4.79 Å². The predicted octanol–water partition coefficient (Wildman–Crippen LogP) is 2.06. The van der Waals surface area contributed by atoms with E-state index in [0.29, 0.717) is 0 Å². The van der Waals surface area contributed by atoms with Crippen molar-refractivity contribution in [3.63, 3.8) is 0 Å². The Balaban J connectivity index is 2.44. The van der Waals surface area contributed by atoms with Gasteiger partial charge in [0.25, 0.3) is 0 Å². The molecule has 3 unspecified atom stereocenters. The fourth-order valence-corrected chi connectivity index (χ4v) is 2.00. The topological polar surface area (TPSA) is 58.6 Å². The Labute approximate surface area is 97.4 Å². The average molecular weight is 229 g/mol. The standard InChI is InChI=1S/C12H23NO3/c1-8-9(6-5-7-10(8)14)13-11(15)16-12(2,3)4/h8-10,14H,5-7H2,1-4H3,(H,13,15). The number of ether oxygens (including phenoxy) is 1. The normalized spacial score (nSPS) is 30.9. The number of alkyl carbamates (subject to hydrolysis) is 1. The number of amides is 1. The van der Waals surface area contributed by atoms with E-state index in [2.05, 4.69) is 5.32 Å². The van der Waals surface area contributed by atoms with Gasteiger partial charge < -0.3 is 15.2 Å². The van der Waals surface area contributed by atoms with Crippen LogP contribution in [0.5, 0.6) is 0 Å². The summed E-state index contributed by atoms with van der Waals surface area (Å²) >= 11 is 0. The molecule has 4 nitrogen and oxygen atoms in total. The lowest BCUT2D eigenvalue weighted by atomic mass is 9.83. The van der Waals surface area contributed by atoms with Crippen molar-refractivity contribution in [1.82, 2.24) is 5.32 Å². The number of aliphatic hydroxyl groups is 1. The summed E-state index contributed by atoms with van der Waals surface area (Å²) in [6.45, 7) is 7.48. The average Bonchev–Trinajstić information content (AvgIpc) is 2.09. The number of carbonyl (C=O) groups excluding carboxylic acids is 1. The zero-order chi connectivity index (χ0) is 12.3. The third kappa shape index (κ3) is 4.00. The SMILES string of the molecule is CC1C(O)CCCC1NC(=O)OC(C)(C)C. The van der Waals surface area contributed by atoms with Crippen LogP contribution in [0.4, 0.5) is 4.79 Å². The number of hydrogen-bond donors (Lipinski definition) is 2. The zero-order valence-corrected chi connectivity index (χ0v) is 10.6. The fourth-order valence-electron chi connectivity index (χ4n) is 2.00. The van der Waals surface area contributed by atoms with Crippen molar-refractivity contribution in [2.24, 2.45) is 5.92 Å². The monoisotopic (exact) mass is 229 g/mol. The third-order valence-electron chi connectivity index (χ3n) is 2.96. The Kier molecular flexibility index (Phi) is 4.19. The predicted molar refractivity (Wildman–Crippen MR) is 62.2 cm³/mol. The lowest BCUT2D eigenvalue weighted by Gasteiger charge is -2.34. The summed E-state index contributed by atoms with van der Waals surface area (Å²) < 4.78 is 5.19. The van der Waals surface area contributed by atoms with E-state index >= 15 is 0 Å². The molecule has 1 amide bonds. The minimum atomic E-state index is -0.472. The molecule has 94 valence electrons. The molecule has 4 heteroatoms. The van der Waals surface area contributed by atoms with Crippen LogP contribution >= 0.6 is 0 Å². The lowest BCUT2D eigenvalue weighted by molar-refractivity contribution is 0.0313. The van der Waals surface area contributed by atoms with Crippen LogP contribution < -0.4 is 5.32 Å². The maximum absolute atomic E-state index is 11.6. The number of carbonyl (C=O) groups is 1. The lowest BCUT2D eigenvalue weighted by Crippen LogP contribution is -2.47. The van der Waals surface area contributed by atoms with Crippen LogP contribution in [-0.4, -0.2) is 28.9 Å². The molecular weight excluding hydrogens is 206 g/mol. The molecule has 0 aromatic rings. The van der Waals surface area contributed by atoms with Crippen LogP contribution in [-0.2, 0) is 4.74 Å². The molecule has 0 aliphatic heterocycles. The molecule has 1 rings (SSSR count). The van der Waals surface area contributed by atoms with Crippen LogP contribution in [0.2, 0.25) is 0 Å². The van der Waals surface area contributed by atoms with Crippen LogP contribution in [0.3, 0.4) is 0 Å². The highest BCUT2D eigenvalue weighted by Gasteiger charge is 2.30. The smallest absolute Gasteiger partial charge is 0.407 e. The van der Waals surface area contributed by atoms with E-state index in [-0.39, 0.29) is 18.1 Å². The molecule has 16 heavy (non-hydrogen) atoms. The van der Waals surface area contributed by atoms with Crippen LogP contribution in [0.1, 0.15) is 47.0 Å². The molecular formula is C12H23NO3. The summed E-state index contributed by atoms with van der Waals surface area (Å²) in [5.74, 6) is 0.0984. The number of hydrogen-bond acceptors (Lipinski definition) is 3. The summed E-state index contributed by atoms with van der Waals surface area (Å²) in [7, 11) is 0. The van der Waals surface area contributed by atoms with E-state index < -0.39 is 11.7 Å². The highest BCUT2D eigenvalue weighted by molar-refractivity contribution is 5.68. The second kappa shape index (κ2) is 5.04. The van der Waals surface area contributed by atoms with Gasteiger partial charge in [0.05, 0.1) is 6.10 Å². The Morgan fingerprint density at radius 1 is 1.38 bits per heavy atom. The summed E-state index contributed by atoms with van der Waals surface area (Å²) in [5, 5.41) is 12.5. The van der Waals surface area contributed by atoms with Crippen molar-refractivity contribution >= 4 is 6.09 Å². The molecule has 3 atom stereocenters. The van der Waals surface area contributed by atoms with Crippen LogP contribution in [0.25, 0.3) is 0 Å². The first-order valence-corrected chi connectivity index (χ1v) is 5.97. The largest absolute Gasteiger partial charge is 0.444 e. The van der Waals surface area contributed by atoms with E-state index in [1.807, 2.05) is 27.7 Å². The maximum atomic E-state index is 11.6. The number of nitrogens with one attached hydrogen (secondary N) is 1. The molecule has 0 aromatic carbocycles.